The fraction of sp³-hybridized carbons (Fsp3) is 0.320. The van der Waals surface area contributed by atoms with Gasteiger partial charge in [-0.15, -0.1) is 0 Å². The number of aromatic nitrogens is 1. The highest BCUT2D eigenvalue weighted by Crippen LogP contribution is 2.42. The number of anilines is 2. The highest BCUT2D eigenvalue weighted by atomic mass is 16.2. The molecule has 1 unspecified atom stereocenters. The Hall–Kier alpha value is -3.41. The van der Waals surface area contributed by atoms with Crippen LogP contribution in [0.5, 0.6) is 0 Å². The van der Waals surface area contributed by atoms with E-state index in [-0.39, 0.29) is 11.7 Å². The van der Waals surface area contributed by atoms with Gasteiger partial charge in [0.2, 0.25) is 0 Å². The van der Waals surface area contributed by atoms with Crippen LogP contribution in [0.1, 0.15) is 43.2 Å². The number of aryl methyl sites for hydroxylation is 1. The quantitative estimate of drug-likeness (QED) is 0.786. The maximum Gasteiger partial charge on any atom is 0.255 e. The third-order valence-electron chi connectivity index (χ3n) is 5.92. The van der Waals surface area contributed by atoms with Gasteiger partial charge in [-0.2, -0.15) is 0 Å². The molecule has 1 atom stereocenters. The average Bonchev–Trinajstić information content (AvgIpc) is 2.73. The van der Waals surface area contributed by atoms with Crippen molar-refractivity contribution in [3.8, 4) is 0 Å². The predicted molar refractivity (Wildman–Crippen MR) is 123 cm³/mol. The summed E-state index contributed by atoms with van der Waals surface area (Å²) in [6.45, 7) is 3.86. The number of hydrogen-bond acceptors (Lipinski definition) is 5. The van der Waals surface area contributed by atoms with Gasteiger partial charge >= 0.3 is 0 Å². The number of ketones is 1. The standard InChI is InChI=1S/C25H28N4O2/c1-15-12-13-26-21(14-15)28-25(31)22-16(2)27-19-6-5-7-20(30)24(19)23(22)17-8-10-18(11-9-17)29(3)4/h8-14,23,27H,5-7H2,1-4H3,(H,26,28,31). The van der Waals surface area contributed by atoms with Crippen molar-refractivity contribution in [3.05, 3.63) is 76.3 Å². The van der Waals surface area contributed by atoms with Crippen LogP contribution in [-0.2, 0) is 9.59 Å². The van der Waals surface area contributed by atoms with Crippen LogP contribution in [0.15, 0.2) is 65.1 Å². The van der Waals surface area contributed by atoms with Crippen LogP contribution in [0.3, 0.4) is 0 Å². The van der Waals surface area contributed by atoms with Crippen molar-refractivity contribution in [3.63, 3.8) is 0 Å². The maximum atomic E-state index is 13.4. The molecule has 1 amide bonds. The largest absolute Gasteiger partial charge is 0.378 e. The van der Waals surface area contributed by atoms with E-state index < -0.39 is 5.92 Å². The smallest absolute Gasteiger partial charge is 0.255 e. The van der Waals surface area contributed by atoms with Crippen LogP contribution >= 0.6 is 0 Å². The molecule has 0 radical (unpaired) electrons. The molecule has 31 heavy (non-hydrogen) atoms. The van der Waals surface area contributed by atoms with Crippen LogP contribution in [0.4, 0.5) is 11.5 Å². The van der Waals surface area contributed by atoms with Gasteiger partial charge in [0.05, 0.1) is 0 Å². The molecule has 1 aromatic heterocycles. The molecule has 0 fully saturated rings. The number of pyridine rings is 1. The zero-order valence-electron chi connectivity index (χ0n) is 18.5. The Morgan fingerprint density at radius 3 is 2.55 bits per heavy atom. The van der Waals surface area contributed by atoms with Crippen LogP contribution < -0.4 is 15.5 Å². The normalized spacial score (nSPS) is 18.5. The number of benzene rings is 1. The molecule has 1 aliphatic heterocycles. The predicted octanol–water partition coefficient (Wildman–Crippen LogP) is 4.06. The van der Waals surface area contributed by atoms with Gasteiger partial charge in [-0.3, -0.25) is 9.59 Å². The van der Waals surface area contributed by atoms with Gasteiger partial charge in [0, 0.05) is 60.9 Å². The molecule has 1 aromatic carbocycles. The topological polar surface area (TPSA) is 74.3 Å². The summed E-state index contributed by atoms with van der Waals surface area (Å²) in [5, 5.41) is 6.29. The van der Waals surface area contributed by atoms with Crippen LogP contribution in [-0.4, -0.2) is 30.8 Å². The Morgan fingerprint density at radius 1 is 1.13 bits per heavy atom. The maximum absolute atomic E-state index is 13.4. The monoisotopic (exact) mass is 416 g/mol. The molecule has 2 aliphatic rings. The lowest BCUT2D eigenvalue weighted by molar-refractivity contribution is -0.116. The minimum absolute atomic E-state index is 0.113. The molecule has 6 nitrogen and oxygen atoms in total. The van der Waals surface area contributed by atoms with E-state index in [1.165, 1.54) is 0 Å². The lowest BCUT2D eigenvalue weighted by atomic mass is 9.75. The summed E-state index contributed by atoms with van der Waals surface area (Å²) in [5.74, 6) is -0.0246. The highest BCUT2D eigenvalue weighted by Gasteiger charge is 2.38. The second-order valence-electron chi connectivity index (χ2n) is 8.42. The van der Waals surface area contributed by atoms with Gasteiger partial charge in [-0.25, -0.2) is 4.98 Å². The first kappa shape index (κ1) is 20.8. The van der Waals surface area contributed by atoms with Crippen molar-refractivity contribution in [1.29, 1.82) is 0 Å². The van der Waals surface area contributed by atoms with Crippen LogP contribution in [0.25, 0.3) is 0 Å². The van der Waals surface area contributed by atoms with E-state index in [4.69, 9.17) is 0 Å². The third kappa shape index (κ3) is 4.10. The number of carbonyl (C=O) groups is 2. The minimum atomic E-state index is -0.398. The molecule has 0 saturated carbocycles. The Morgan fingerprint density at radius 2 is 1.87 bits per heavy atom. The van der Waals surface area contributed by atoms with Crippen molar-refractivity contribution in [2.45, 2.75) is 39.0 Å². The van der Waals surface area contributed by atoms with Crippen LogP contribution in [0, 0.1) is 6.92 Å². The fourth-order valence-electron chi connectivity index (χ4n) is 4.37. The second kappa shape index (κ2) is 8.38. The van der Waals surface area contributed by atoms with E-state index in [1.807, 2.05) is 69.2 Å². The molecule has 2 heterocycles. The van der Waals surface area contributed by atoms with E-state index in [0.29, 0.717) is 17.8 Å². The molecule has 160 valence electrons. The number of dihydropyridines is 1. The van der Waals surface area contributed by atoms with E-state index >= 15 is 0 Å². The molecule has 0 saturated heterocycles. The summed E-state index contributed by atoms with van der Waals surface area (Å²) in [4.78, 5) is 32.7. The van der Waals surface area contributed by atoms with Gasteiger partial charge in [-0.1, -0.05) is 12.1 Å². The van der Waals surface area contributed by atoms with Crippen molar-refractivity contribution in [2.24, 2.45) is 0 Å². The summed E-state index contributed by atoms with van der Waals surface area (Å²) in [6.07, 6.45) is 3.84. The number of Topliss-reactive ketones (excluding diaryl/α,β-unsaturated/α-hetero) is 1. The first-order valence-electron chi connectivity index (χ1n) is 10.6. The van der Waals surface area contributed by atoms with Gasteiger partial charge < -0.3 is 15.5 Å². The Balaban J connectivity index is 1.77. The van der Waals surface area contributed by atoms with E-state index in [0.717, 1.165) is 46.6 Å². The van der Waals surface area contributed by atoms with Crippen molar-refractivity contribution in [2.75, 3.05) is 24.3 Å². The summed E-state index contributed by atoms with van der Waals surface area (Å²) >= 11 is 0. The lowest BCUT2D eigenvalue weighted by Gasteiger charge is -2.34. The average molecular weight is 417 g/mol. The van der Waals surface area contributed by atoms with Gasteiger partial charge in [0.25, 0.3) is 5.91 Å². The van der Waals surface area contributed by atoms with E-state index in [9.17, 15) is 9.59 Å². The number of carbonyl (C=O) groups excluding carboxylic acids is 2. The molecule has 2 N–H and O–H groups in total. The number of nitrogens with one attached hydrogen (secondary N) is 2. The number of hydrogen-bond donors (Lipinski definition) is 2. The minimum Gasteiger partial charge on any atom is -0.378 e. The third-order valence-corrected chi connectivity index (χ3v) is 5.92. The summed E-state index contributed by atoms with van der Waals surface area (Å²) < 4.78 is 0. The Kier molecular flexibility index (Phi) is 5.63. The zero-order valence-corrected chi connectivity index (χ0v) is 18.5. The Labute approximate surface area is 183 Å². The molecule has 0 bridgehead atoms. The van der Waals surface area contributed by atoms with Crippen molar-refractivity contribution < 1.29 is 9.59 Å². The fourth-order valence-corrected chi connectivity index (χ4v) is 4.37. The molecule has 1 aliphatic carbocycles. The summed E-state index contributed by atoms with van der Waals surface area (Å²) in [5.41, 5.74) is 6.03. The van der Waals surface area contributed by atoms with E-state index in [2.05, 4.69) is 15.6 Å². The van der Waals surface area contributed by atoms with E-state index in [1.54, 1.807) is 6.20 Å². The Bertz CT molecular complexity index is 1100. The SMILES string of the molecule is CC1=C(C(=O)Nc2cc(C)ccn2)C(c2ccc(N(C)C)cc2)C2=C(CCCC2=O)N1. The van der Waals surface area contributed by atoms with Gasteiger partial charge in [0.1, 0.15) is 5.82 Å². The number of allylic oxidation sites excluding steroid dienone is 3. The van der Waals surface area contributed by atoms with Crippen molar-refractivity contribution in [1.82, 2.24) is 10.3 Å². The molecule has 4 rings (SSSR count). The summed E-state index contributed by atoms with van der Waals surface area (Å²) in [7, 11) is 3.98. The van der Waals surface area contributed by atoms with Crippen LogP contribution in [0.2, 0.25) is 0 Å². The summed E-state index contributed by atoms with van der Waals surface area (Å²) in [6, 6.07) is 11.8. The molecule has 6 heteroatoms. The first-order valence-corrected chi connectivity index (χ1v) is 10.6. The second-order valence-corrected chi connectivity index (χ2v) is 8.42. The highest BCUT2D eigenvalue weighted by molar-refractivity contribution is 6.09. The molecular weight excluding hydrogens is 388 g/mol. The zero-order chi connectivity index (χ0) is 22.1. The lowest BCUT2D eigenvalue weighted by Crippen LogP contribution is -2.35. The molecular formula is C25H28N4O2. The van der Waals surface area contributed by atoms with Crippen molar-refractivity contribution >= 4 is 23.2 Å². The number of amides is 1. The number of nitrogens with zero attached hydrogens (tertiary/aromatic N) is 2. The molecule has 0 spiro atoms. The van der Waals surface area contributed by atoms with Gasteiger partial charge in [-0.05, 0) is 62.1 Å². The first-order chi connectivity index (χ1) is 14.8. The molecule has 2 aromatic rings. The number of rotatable bonds is 4. The van der Waals surface area contributed by atoms with Gasteiger partial charge in [0.15, 0.2) is 5.78 Å².